The Morgan fingerprint density at radius 3 is 2.33 bits per heavy atom. The van der Waals surface area contributed by atoms with Crippen LogP contribution in [0.4, 0.5) is 0 Å². The van der Waals surface area contributed by atoms with E-state index >= 15 is 0 Å². The van der Waals surface area contributed by atoms with Crippen molar-refractivity contribution in [3.05, 3.63) is 106 Å². The molecule has 0 aliphatic rings. The zero-order valence-corrected chi connectivity index (χ0v) is 20.0. The van der Waals surface area contributed by atoms with E-state index < -0.39 is 16.1 Å². The Morgan fingerprint density at radius 1 is 0.970 bits per heavy atom. The Morgan fingerprint density at radius 2 is 1.64 bits per heavy atom. The van der Waals surface area contributed by atoms with Crippen molar-refractivity contribution in [2.24, 2.45) is 0 Å². The molecule has 0 saturated carbocycles. The van der Waals surface area contributed by atoms with Crippen LogP contribution in [0.2, 0.25) is 0 Å². The molecule has 0 N–H and O–H groups in total. The Labute approximate surface area is 194 Å². The molecule has 1 atom stereocenters. The highest BCUT2D eigenvalue weighted by Crippen LogP contribution is 2.26. The molecular weight excluding hydrogens is 434 g/mol. The second-order valence-electron chi connectivity index (χ2n) is 8.35. The Hall–Kier alpha value is -3.29. The van der Waals surface area contributed by atoms with E-state index in [1.54, 1.807) is 41.8 Å². The highest BCUT2D eigenvalue weighted by atomic mass is 32.2. The summed E-state index contributed by atoms with van der Waals surface area (Å²) >= 11 is 0. The molecule has 33 heavy (non-hydrogen) atoms. The van der Waals surface area contributed by atoms with Crippen LogP contribution >= 0.6 is 0 Å². The van der Waals surface area contributed by atoms with Crippen molar-refractivity contribution in [1.82, 2.24) is 13.9 Å². The summed E-state index contributed by atoms with van der Waals surface area (Å²) in [6.45, 7) is 5.69. The molecule has 1 aromatic heterocycles. The van der Waals surface area contributed by atoms with Crippen LogP contribution in [0.1, 0.15) is 35.5 Å². The average Bonchev–Trinajstić information content (AvgIpc) is 2.79. The van der Waals surface area contributed by atoms with E-state index in [-0.39, 0.29) is 11.3 Å². The van der Waals surface area contributed by atoms with Crippen LogP contribution in [0, 0.1) is 13.8 Å². The third kappa shape index (κ3) is 4.47. The Bertz CT molecular complexity index is 1480. The molecule has 170 valence electrons. The minimum absolute atomic E-state index is 0.129. The van der Waals surface area contributed by atoms with E-state index in [4.69, 9.17) is 4.98 Å². The van der Waals surface area contributed by atoms with Gasteiger partial charge >= 0.3 is 0 Å². The zero-order valence-electron chi connectivity index (χ0n) is 19.2. The van der Waals surface area contributed by atoms with Crippen molar-refractivity contribution in [3.8, 4) is 5.69 Å². The Kier molecular flexibility index (Phi) is 6.19. The zero-order chi connectivity index (χ0) is 23.8. The fourth-order valence-corrected chi connectivity index (χ4v) is 5.40. The Balaban J connectivity index is 1.88. The predicted molar refractivity (Wildman–Crippen MR) is 132 cm³/mol. The standard InChI is InChI=1S/C26H27N3O3S/c1-18-14-15-24(19(2)16-18)29-25(27-23-13-9-8-12-22(23)26(29)30)20(3)28(4)33(31,32)17-21-10-6-5-7-11-21/h5-16,20H,17H2,1-4H3. The van der Waals surface area contributed by atoms with E-state index in [0.717, 1.165) is 11.1 Å². The minimum Gasteiger partial charge on any atom is -0.268 e. The number of benzene rings is 3. The van der Waals surface area contributed by atoms with Gasteiger partial charge in [0.05, 0.1) is 28.4 Å². The molecule has 1 unspecified atom stereocenters. The maximum atomic E-state index is 13.6. The van der Waals surface area contributed by atoms with E-state index in [1.807, 2.05) is 56.3 Å². The van der Waals surface area contributed by atoms with Gasteiger partial charge in [-0.3, -0.25) is 9.36 Å². The van der Waals surface area contributed by atoms with Crippen molar-refractivity contribution in [1.29, 1.82) is 0 Å². The molecule has 0 aliphatic heterocycles. The number of sulfonamides is 1. The largest absolute Gasteiger partial charge is 0.268 e. The van der Waals surface area contributed by atoms with Crippen LogP contribution in [0.15, 0.2) is 77.6 Å². The lowest BCUT2D eigenvalue weighted by Crippen LogP contribution is -2.35. The fraction of sp³-hybridized carbons (Fsp3) is 0.231. The van der Waals surface area contributed by atoms with E-state index in [2.05, 4.69) is 0 Å². The van der Waals surface area contributed by atoms with Crippen molar-refractivity contribution in [2.75, 3.05) is 7.05 Å². The molecule has 0 amide bonds. The van der Waals surface area contributed by atoms with Crippen molar-refractivity contribution in [2.45, 2.75) is 32.6 Å². The summed E-state index contributed by atoms with van der Waals surface area (Å²) in [6.07, 6.45) is 0. The first kappa shape index (κ1) is 22.9. The van der Waals surface area contributed by atoms with E-state index in [9.17, 15) is 13.2 Å². The normalized spacial score (nSPS) is 12.9. The average molecular weight is 462 g/mol. The molecular formula is C26H27N3O3S. The van der Waals surface area contributed by atoms with Crippen LogP contribution in [0.25, 0.3) is 16.6 Å². The molecule has 6 nitrogen and oxygen atoms in total. The van der Waals surface area contributed by atoms with Gasteiger partial charge in [-0.2, -0.15) is 4.31 Å². The van der Waals surface area contributed by atoms with Gasteiger partial charge < -0.3 is 0 Å². The summed E-state index contributed by atoms with van der Waals surface area (Å²) in [7, 11) is -2.13. The molecule has 0 fully saturated rings. The summed E-state index contributed by atoms with van der Waals surface area (Å²) in [4.78, 5) is 18.4. The number of nitrogens with zero attached hydrogens (tertiary/aromatic N) is 3. The number of hydrogen-bond donors (Lipinski definition) is 0. The minimum atomic E-state index is -3.66. The van der Waals surface area contributed by atoms with Gasteiger partial charge in [-0.15, -0.1) is 0 Å². The summed E-state index contributed by atoms with van der Waals surface area (Å²) in [6, 6.07) is 21.4. The highest BCUT2D eigenvalue weighted by Gasteiger charge is 2.29. The third-order valence-corrected chi connectivity index (χ3v) is 7.84. The summed E-state index contributed by atoms with van der Waals surface area (Å²) in [5, 5.41) is 0.489. The monoisotopic (exact) mass is 461 g/mol. The molecule has 0 spiro atoms. The second kappa shape index (κ2) is 8.92. The lowest BCUT2D eigenvalue weighted by Gasteiger charge is -2.27. The molecule has 4 aromatic rings. The fourth-order valence-electron chi connectivity index (χ4n) is 4.01. The van der Waals surface area contributed by atoms with Gasteiger partial charge in [0.2, 0.25) is 10.0 Å². The first-order valence-corrected chi connectivity index (χ1v) is 12.4. The predicted octanol–water partition coefficient (Wildman–Crippen LogP) is 4.53. The quantitative estimate of drug-likeness (QED) is 0.423. The second-order valence-corrected chi connectivity index (χ2v) is 10.4. The summed E-state index contributed by atoms with van der Waals surface area (Å²) in [5.41, 5.74) is 3.71. The first-order valence-electron chi connectivity index (χ1n) is 10.8. The van der Waals surface area contributed by atoms with Gasteiger partial charge in [0.1, 0.15) is 5.82 Å². The maximum absolute atomic E-state index is 13.6. The van der Waals surface area contributed by atoms with Gasteiger partial charge in [-0.1, -0.05) is 60.2 Å². The summed E-state index contributed by atoms with van der Waals surface area (Å²) < 4.78 is 29.3. The highest BCUT2D eigenvalue weighted by molar-refractivity contribution is 7.88. The molecule has 7 heteroatoms. The molecule has 4 rings (SSSR count). The number of aromatic nitrogens is 2. The summed E-state index contributed by atoms with van der Waals surface area (Å²) in [5.74, 6) is 0.251. The molecule has 0 radical (unpaired) electrons. The van der Waals surface area contributed by atoms with Crippen LogP contribution in [-0.4, -0.2) is 29.3 Å². The van der Waals surface area contributed by atoms with Gasteiger partial charge in [0.25, 0.3) is 5.56 Å². The lowest BCUT2D eigenvalue weighted by atomic mass is 10.1. The number of fused-ring (bicyclic) bond motifs is 1. The molecule has 0 aliphatic carbocycles. The van der Waals surface area contributed by atoms with Gasteiger partial charge in [0.15, 0.2) is 0 Å². The molecule has 0 bridgehead atoms. The van der Waals surface area contributed by atoms with Crippen LogP contribution in [-0.2, 0) is 15.8 Å². The smallest absolute Gasteiger partial charge is 0.266 e. The third-order valence-electron chi connectivity index (χ3n) is 5.94. The van der Waals surface area contributed by atoms with Crippen LogP contribution in [0.3, 0.4) is 0 Å². The van der Waals surface area contributed by atoms with Crippen molar-refractivity contribution >= 4 is 20.9 Å². The molecule has 0 saturated heterocycles. The topological polar surface area (TPSA) is 72.3 Å². The van der Waals surface area contributed by atoms with Crippen LogP contribution < -0.4 is 5.56 Å². The van der Waals surface area contributed by atoms with E-state index in [1.165, 1.54) is 11.4 Å². The SMILES string of the molecule is Cc1ccc(-n2c(C(C)N(C)S(=O)(=O)Cc3ccccc3)nc3ccccc3c2=O)c(C)c1. The van der Waals surface area contributed by atoms with Gasteiger partial charge in [-0.25, -0.2) is 13.4 Å². The van der Waals surface area contributed by atoms with Gasteiger partial charge in [0, 0.05) is 7.05 Å². The maximum Gasteiger partial charge on any atom is 0.266 e. The van der Waals surface area contributed by atoms with Gasteiger partial charge in [-0.05, 0) is 50.1 Å². The number of para-hydroxylation sites is 1. The molecule has 1 heterocycles. The number of aryl methyl sites for hydroxylation is 2. The van der Waals surface area contributed by atoms with Crippen molar-refractivity contribution < 1.29 is 8.42 Å². The molecule has 3 aromatic carbocycles. The number of rotatable bonds is 6. The first-order chi connectivity index (χ1) is 15.7. The van der Waals surface area contributed by atoms with E-state index in [0.29, 0.717) is 28.0 Å². The number of hydrogen-bond acceptors (Lipinski definition) is 4. The van der Waals surface area contributed by atoms with Crippen LogP contribution in [0.5, 0.6) is 0 Å². The van der Waals surface area contributed by atoms with Crippen molar-refractivity contribution in [3.63, 3.8) is 0 Å². The lowest BCUT2D eigenvalue weighted by molar-refractivity contribution is 0.378.